The summed E-state index contributed by atoms with van der Waals surface area (Å²) < 4.78 is 9.82. The average Bonchev–Trinajstić information content (AvgIpc) is 2.65. The van der Waals surface area contributed by atoms with E-state index >= 15 is 0 Å². The molecular weight excluding hydrogens is 228 g/mol. The van der Waals surface area contributed by atoms with Crippen molar-refractivity contribution in [3.63, 3.8) is 0 Å². The quantitative estimate of drug-likeness (QED) is 0.353. The topological polar surface area (TPSA) is 39.4 Å². The van der Waals surface area contributed by atoms with E-state index in [0.717, 1.165) is 18.4 Å². The van der Waals surface area contributed by atoms with Crippen molar-refractivity contribution in [3.8, 4) is 11.8 Å². The number of esters is 1. The smallest absolute Gasteiger partial charge is 0.374 e. The van der Waals surface area contributed by atoms with E-state index in [4.69, 9.17) is 16.0 Å². The maximum Gasteiger partial charge on any atom is 0.374 e. The zero-order valence-electron chi connectivity index (χ0n) is 9.30. The molecule has 0 aliphatic heterocycles. The Labute approximate surface area is 99.7 Å². The van der Waals surface area contributed by atoms with Crippen LogP contribution in [0.1, 0.15) is 34.7 Å². The molecule has 1 rings (SSSR count). The first kappa shape index (κ1) is 12.7. The molecule has 3 nitrogen and oxygen atoms in total. The summed E-state index contributed by atoms with van der Waals surface area (Å²) in [6, 6.07) is 1.62. The minimum absolute atomic E-state index is 0.182. The lowest BCUT2D eigenvalue weighted by Gasteiger charge is -1.90. The van der Waals surface area contributed by atoms with Gasteiger partial charge in [0.2, 0.25) is 5.76 Å². The van der Waals surface area contributed by atoms with E-state index in [-0.39, 0.29) is 5.76 Å². The molecule has 86 valence electrons. The van der Waals surface area contributed by atoms with E-state index in [9.17, 15) is 4.79 Å². The predicted molar refractivity (Wildman–Crippen MR) is 61.6 cm³/mol. The number of unbranched alkanes of at least 4 members (excludes halogenated alkanes) is 1. The Morgan fingerprint density at radius 2 is 2.38 bits per heavy atom. The summed E-state index contributed by atoms with van der Waals surface area (Å²) >= 11 is 5.53. The summed E-state index contributed by atoms with van der Waals surface area (Å²) in [6.07, 6.45) is 1.56. The summed E-state index contributed by atoms with van der Waals surface area (Å²) in [5.74, 6) is 6.60. The third-order valence-corrected chi connectivity index (χ3v) is 2.21. The number of alkyl halides is 1. The maximum atomic E-state index is 11.2. The number of aryl methyl sites for hydroxylation is 1. The van der Waals surface area contributed by atoms with Crippen LogP contribution in [-0.2, 0) is 4.74 Å². The third kappa shape index (κ3) is 3.32. The van der Waals surface area contributed by atoms with Crippen molar-refractivity contribution in [2.24, 2.45) is 0 Å². The van der Waals surface area contributed by atoms with Crippen LogP contribution in [0.15, 0.2) is 10.5 Å². The molecule has 1 aromatic heterocycles. The number of ether oxygens (including phenoxy) is 1. The lowest BCUT2D eigenvalue weighted by Crippen LogP contribution is -1.98. The highest BCUT2D eigenvalue weighted by Gasteiger charge is 2.13. The summed E-state index contributed by atoms with van der Waals surface area (Å²) in [5.41, 5.74) is 0.832. The maximum absolute atomic E-state index is 11.2. The first-order valence-electron chi connectivity index (χ1n) is 4.92. The fraction of sp³-hybridized carbons (Fsp3) is 0.417. The molecule has 1 aromatic rings. The predicted octanol–water partition coefficient (Wildman–Crippen LogP) is 2.75. The molecule has 0 saturated carbocycles. The highest BCUT2D eigenvalue weighted by Crippen LogP contribution is 2.14. The third-order valence-electron chi connectivity index (χ3n) is 1.94. The molecule has 0 spiro atoms. The molecule has 0 amide bonds. The lowest BCUT2D eigenvalue weighted by atomic mass is 10.2. The van der Waals surface area contributed by atoms with Crippen molar-refractivity contribution < 1.29 is 13.9 Å². The molecule has 0 saturated heterocycles. The Morgan fingerprint density at radius 3 is 3.00 bits per heavy atom. The summed E-state index contributed by atoms with van der Waals surface area (Å²) in [6.45, 7) is 1.83. The standard InChI is InChI=1S/C12H13ClO3/c1-9-8-11(12(14)15-2)16-10(9)6-4-3-5-7-13/h8H,3,5,7H2,1-2H3. The minimum Gasteiger partial charge on any atom is -0.463 e. The van der Waals surface area contributed by atoms with E-state index in [1.807, 2.05) is 6.92 Å². The van der Waals surface area contributed by atoms with Gasteiger partial charge >= 0.3 is 5.97 Å². The summed E-state index contributed by atoms with van der Waals surface area (Å²) in [5, 5.41) is 0. The first-order chi connectivity index (χ1) is 7.69. The van der Waals surface area contributed by atoms with Crippen molar-refractivity contribution in [3.05, 3.63) is 23.2 Å². The molecule has 0 bridgehead atoms. The summed E-state index contributed by atoms with van der Waals surface area (Å²) in [7, 11) is 1.31. The molecule has 4 heteroatoms. The number of carbonyl (C=O) groups excluding carboxylic acids is 1. The Morgan fingerprint density at radius 1 is 1.62 bits per heavy atom. The molecular formula is C12H13ClO3. The van der Waals surface area contributed by atoms with Crippen LogP contribution in [0, 0.1) is 18.8 Å². The van der Waals surface area contributed by atoms with Gasteiger partial charge in [0.15, 0.2) is 5.76 Å². The van der Waals surface area contributed by atoms with Gasteiger partial charge in [-0.1, -0.05) is 5.92 Å². The van der Waals surface area contributed by atoms with E-state index < -0.39 is 5.97 Å². The fourth-order valence-corrected chi connectivity index (χ4v) is 1.24. The van der Waals surface area contributed by atoms with Crippen molar-refractivity contribution in [1.82, 2.24) is 0 Å². The van der Waals surface area contributed by atoms with Gasteiger partial charge < -0.3 is 9.15 Å². The molecule has 0 aliphatic rings. The molecule has 0 aromatic carbocycles. The van der Waals surface area contributed by atoms with Crippen molar-refractivity contribution >= 4 is 17.6 Å². The second-order valence-corrected chi connectivity index (χ2v) is 3.59. The van der Waals surface area contributed by atoms with Crippen LogP contribution >= 0.6 is 11.6 Å². The number of hydrogen-bond donors (Lipinski definition) is 0. The van der Waals surface area contributed by atoms with Gasteiger partial charge in [0.1, 0.15) is 0 Å². The Hall–Kier alpha value is -1.40. The number of methoxy groups -OCH3 is 1. The number of carbonyl (C=O) groups is 1. The zero-order valence-corrected chi connectivity index (χ0v) is 10.1. The SMILES string of the molecule is COC(=O)c1cc(C)c(C#CCCCCl)o1. The number of halogens is 1. The van der Waals surface area contributed by atoms with Crippen LogP contribution in [0.5, 0.6) is 0 Å². The van der Waals surface area contributed by atoms with Crippen molar-refractivity contribution in [2.45, 2.75) is 19.8 Å². The number of furan rings is 1. The van der Waals surface area contributed by atoms with Crippen LogP contribution in [-0.4, -0.2) is 19.0 Å². The van der Waals surface area contributed by atoms with E-state index in [1.54, 1.807) is 6.07 Å². The highest BCUT2D eigenvalue weighted by molar-refractivity contribution is 6.17. The average molecular weight is 241 g/mol. The second-order valence-electron chi connectivity index (χ2n) is 3.21. The van der Waals surface area contributed by atoms with E-state index in [1.165, 1.54) is 7.11 Å². The largest absolute Gasteiger partial charge is 0.463 e. The van der Waals surface area contributed by atoms with Crippen molar-refractivity contribution in [2.75, 3.05) is 13.0 Å². The van der Waals surface area contributed by atoms with Gasteiger partial charge in [-0.25, -0.2) is 4.79 Å². The van der Waals surface area contributed by atoms with Gasteiger partial charge in [-0.05, 0) is 25.3 Å². The lowest BCUT2D eigenvalue weighted by molar-refractivity contribution is 0.0564. The normalized spacial score (nSPS) is 9.44. The Kier molecular flexibility index (Phi) is 4.94. The molecule has 0 fully saturated rings. The summed E-state index contributed by atoms with van der Waals surface area (Å²) in [4.78, 5) is 11.2. The van der Waals surface area contributed by atoms with Crippen LogP contribution in [0.25, 0.3) is 0 Å². The first-order valence-corrected chi connectivity index (χ1v) is 5.46. The second kappa shape index (κ2) is 6.24. The van der Waals surface area contributed by atoms with Gasteiger partial charge in [0.25, 0.3) is 0 Å². The number of rotatable bonds is 3. The molecule has 0 radical (unpaired) electrons. The van der Waals surface area contributed by atoms with Crippen LogP contribution in [0.4, 0.5) is 0 Å². The molecule has 0 atom stereocenters. The molecule has 0 unspecified atom stereocenters. The van der Waals surface area contributed by atoms with E-state index in [2.05, 4.69) is 16.6 Å². The Balaban J connectivity index is 2.76. The van der Waals surface area contributed by atoms with E-state index in [0.29, 0.717) is 11.6 Å². The van der Waals surface area contributed by atoms with Crippen molar-refractivity contribution in [1.29, 1.82) is 0 Å². The fourth-order valence-electron chi connectivity index (χ4n) is 1.11. The van der Waals surface area contributed by atoms with Gasteiger partial charge in [-0.3, -0.25) is 0 Å². The van der Waals surface area contributed by atoms with Gasteiger partial charge in [-0.2, -0.15) is 0 Å². The number of hydrogen-bond acceptors (Lipinski definition) is 3. The minimum atomic E-state index is -0.489. The van der Waals surface area contributed by atoms with Gasteiger partial charge in [0.05, 0.1) is 7.11 Å². The molecule has 16 heavy (non-hydrogen) atoms. The van der Waals surface area contributed by atoms with Gasteiger partial charge in [-0.15, -0.1) is 11.6 Å². The van der Waals surface area contributed by atoms with Crippen LogP contribution < -0.4 is 0 Å². The molecule has 0 aliphatic carbocycles. The van der Waals surface area contributed by atoms with Crippen LogP contribution in [0.3, 0.4) is 0 Å². The highest BCUT2D eigenvalue weighted by atomic mass is 35.5. The molecule has 1 heterocycles. The Bertz CT molecular complexity index is 423. The molecule has 0 N–H and O–H groups in total. The van der Waals surface area contributed by atoms with Crippen LogP contribution in [0.2, 0.25) is 0 Å². The van der Waals surface area contributed by atoms with Gasteiger partial charge in [0, 0.05) is 17.9 Å². The zero-order chi connectivity index (χ0) is 12.0. The monoisotopic (exact) mass is 240 g/mol.